The van der Waals surface area contributed by atoms with Crippen LogP contribution in [0.15, 0.2) is 65.7 Å². The molecule has 2 heterocycles. The topological polar surface area (TPSA) is 80.6 Å². The average Bonchev–Trinajstić information content (AvgIpc) is 3.36. The fraction of sp³-hybridized carbons (Fsp3) is 0.160. The van der Waals surface area contributed by atoms with E-state index in [9.17, 15) is 14.4 Å². The highest BCUT2D eigenvalue weighted by Crippen LogP contribution is 2.32. The molecule has 7 nitrogen and oxygen atoms in total. The minimum absolute atomic E-state index is 0.279. The summed E-state index contributed by atoms with van der Waals surface area (Å²) in [7, 11) is 1.56. The fourth-order valence-electron chi connectivity index (χ4n) is 3.41. The molecule has 0 atom stereocenters. The predicted molar refractivity (Wildman–Crippen MR) is 130 cm³/mol. The summed E-state index contributed by atoms with van der Waals surface area (Å²) in [5.41, 5.74) is 4.64. The monoisotopic (exact) mass is 461 g/mol. The summed E-state index contributed by atoms with van der Waals surface area (Å²) in [6.07, 6.45) is 3.59. The van der Waals surface area contributed by atoms with E-state index in [0.29, 0.717) is 11.4 Å². The van der Waals surface area contributed by atoms with Gasteiger partial charge in [-0.05, 0) is 91.3 Å². The average molecular weight is 462 g/mol. The van der Waals surface area contributed by atoms with Crippen molar-refractivity contribution < 1.29 is 19.1 Å². The first-order valence-electron chi connectivity index (χ1n) is 10.3. The lowest BCUT2D eigenvalue weighted by Gasteiger charge is -2.13. The van der Waals surface area contributed by atoms with Crippen LogP contribution in [0.4, 0.5) is 10.5 Å². The van der Waals surface area contributed by atoms with Crippen LogP contribution < -0.4 is 10.1 Å². The van der Waals surface area contributed by atoms with Crippen LogP contribution in [0.25, 0.3) is 11.8 Å². The summed E-state index contributed by atoms with van der Waals surface area (Å²) in [6.45, 7) is 3.74. The predicted octanol–water partition coefficient (Wildman–Crippen LogP) is 4.78. The van der Waals surface area contributed by atoms with Gasteiger partial charge in [0.2, 0.25) is 5.91 Å². The Bertz CT molecular complexity index is 1260. The minimum atomic E-state index is -0.484. The molecule has 168 valence electrons. The number of methoxy groups -OCH3 is 1. The first-order valence-corrected chi connectivity index (χ1v) is 11.1. The molecule has 0 radical (unpaired) electrons. The number of thioether (sulfide) groups is 1. The number of rotatable bonds is 6. The van der Waals surface area contributed by atoms with Gasteiger partial charge in [-0.25, -0.2) is 0 Å². The molecule has 1 aliphatic rings. The van der Waals surface area contributed by atoms with Crippen molar-refractivity contribution in [2.45, 2.75) is 13.8 Å². The molecule has 8 heteroatoms. The van der Waals surface area contributed by atoms with Crippen molar-refractivity contribution >= 4 is 40.6 Å². The highest BCUT2D eigenvalue weighted by molar-refractivity contribution is 8.18. The number of aromatic nitrogens is 1. The number of carbonyl (C=O) groups excluding carboxylic acids is 3. The van der Waals surface area contributed by atoms with Crippen molar-refractivity contribution in [2.75, 3.05) is 19.0 Å². The number of ether oxygens (including phenoxy) is 1. The second kappa shape index (κ2) is 9.38. The van der Waals surface area contributed by atoms with Gasteiger partial charge in [-0.3, -0.25) is 19.3 Å². The van der Waals surface area contributed by atoms with E-state index in [1.165, 1.54) is 5.56 Å². The maximum Gasteiger partial charge on any atom is 0.294 e. The molecule has 1 saturated heterocycles. The van der Waals surface area contributed by atoms with E-state index in [1.807, 2.05) is 42.0 Å². The molecule has 0 spiro atoms. The van der Waals surface area contributed by atoms with Gasteiger partial charge in [0.15, 0.2) is 0 Å². The number of carbonyl (C=O) groups is 3. The van der Waals surface area contributed by atoms with Crippen LogP contribution in [0.1, 0.15) is 16.8 Å². The highest BCUT2D eigenvalue weighted by Gasteiger charge is 2.36. The molecular formula is C25H23N3O4S. The van der Waals surface area contributed by atoms with Crippen LogP contribution in [-0.2, 0) is 9.59 Å². The zero-order chi connectivity index (χ0) is 23.5. The van der Waals surface area contributed by atoms with Crippen LogP contribution >= 0.6 is 11.8 Å². The number of nitrogens with zero attached hydrogens (tertiary/aromatic N) is 2. The van der Waals surface area contributed by atoms with Crippen LogP contribution in [0.3, 0.4) is 0 Å². The Balaban J connectivity index is 1.48. The molecule has 1 fully saturated rings. The van der Waals surface area contributed by atoms with Gasteiger partial charge in [-0.15, -0.1) is 0 Å². The largest absolute Gasteiger partial charge is 0.497 e. The van der Waals surface area contributed by atoms with E-state index in [1.54, 1.807) is 37.5 Å². The fourth-order valence-corrected chi connectivity index (χ4v) is 4.23. The van der Waals surface area contributed by atoms with Crippen molar-refractivity contribution in [3.05, 3.63) is 82.5 Å². The van der Waals surface area contributed by atoms with E-state index < -0.39 is 17.1 Å². The van der Waals surface area contributed by atoms with Gasteiger partial charge in [0.05, 0.1) is 12.0 Å². The number of imide groups is 1. The SMILES string of the molecule is COc1ccc(NC(=O)CN2C(=O)S/C(=C\c3cccn3-c3ccc(C)c(C)c3)C2=O)cc1. The quantitative estimate of drug-likeness (QED) is 0.535. The van der Waals surface area contributed by atoms with E-state index in [2.05, 4.69) is 18.3 Å². The van der Waals surface area contributed by atoms with Gasteiger partial charge in [-0.1, -0.05) is 6.07 Å². The molecule has 2 aromatic carbocycles. The van der Waals surface area contributed by atoms with Gasteiger partial charge in [0.25, 0.3) is 11.1 Å². The number of aryl methyl sites for hydroxylation is 2. The smallest absolute Gasteiger partial charge is 0.294 e. The normalized spacial score (nSPS) is 14.8. The van der Waals surface area contributed by atoms with Crippen LogP contribution in [0.2, 0.25) is 0 Å². The molecular weight excluding hydrogens is 438 g/mol. The van der Waals surface area contributed by atoms with Crippen LogP contribution in [0.5, 0.6) is 5.75 Å². The zero-order valence-electron chi connectivity index (χ0n) is 18.5. The van der Waals surface area contributed by atoms with Gasteiger partial charge in [0, 0.05) is 23.3 Å². The Morgan fingerprint density at radius 2 is 1.82 bits per heavy atom. The van der Waals surface area contributed by atoms with Crippen LogP contribution in [-0.4, -0.2) is 40.2 Å². The van der Waals surface area contributed by atoms with Crippen molar-refractivity contribution in [3.63, 3.8) is 0 Å². The molecule has 0 bridgehead atoms. The Morgan fingerprint density at radius 3 is 2.52 bits per heavy atom. The van der Waals surface area contributed by atoms with Crippen molar-refractivity contribution in [2.24, 2.45) is 0 Å². The summed E-state index contributed by atoms with van der Waals surface area (Å²) in [6, 6.07) is 16.7. The molecule has 1 aliphatic heterocycles. The summed E-state index contributed by atoms with van der Waals surface area (Å²) in [4.78, 5) is 39.0. The molecule has 1 aromatic heterocycles. The number of hydrogen-bond donors (Lipinski definition) is 1. The molecule has 0 saturated carbocycles. The molecule has 33 heavy (non-hydrogen) atoms. The first-order chi connectivity index (χ1) is 15.9. The standard InChI is InChI=1S/C25H23N3O4S/c1-16-6-9-20(13-17(16)2)27-12-4-5-19(27)14-22-24(30)28(25(31)33-22)15-23(29)26-18-7-10-21(32-3)11-8-18/h4-14H,15H2,1-3H3,(H,26,29)/b22-14-. The summed E-state index contributed by atoms with van der Waals surface area (Å²) in [5, 5.41) is 2.22. The Hall–Kier alpha value is -3.78. The van der Waals surface area contributed by atoms with E-state index in [4.69, 9.17) is 4.74 Å². The summed E-state index contributed by atoms with van der Waals surface area (Å²) >= 11 is 0.831. The third-order valence-corrected chi connectivity index (χ3v) is 6.28. The number of amides is 3. The maximum absolute atomic E-state index is 12.9. The molecule has 0 unspecified atom stereocenters. The molecule has 1 N–H and O–H groups in total. The zero-order valence-corrected chi connectivity index (χ0v) is 19.3. The molecule has 4 rings (SSSR count). The third-order valence-electron chi connectivity index (χ3n) is 5.38. The van der Waals surface area contributed by atoms with Gasteiger partial charge in [0.1, 0.15) is 12.3 Å². The number of hydrogen-bond acceptors (Lipinski definition) is 5. The highest BCUT2D eigenvalue weighted by atomic mass is 32.2. The summed E-state index contributed by atoms with van der Waals surface area (Å²) < 4.78 is 7.05. The minimum Gasteiger partial charge on any atom is -0.497 e. The lowest BCUT2D eigenvalue weighted by Crippen LogP contribution is -2.36. The first kappa shape index (κ1) is 22.4. The maximum atomic E-state index is 12.9. The van der Waals surface area contributed by atoms with E-state index in [-0.39, 0.29) is 11.4 Å². The van der Waals surface area contributed by atoms with E-state index >= 15 is 0 Å². The van der Waals surface area contributed by atoms with Crippen LogP contribution in [0, 0.1) is 13.8 Å². The van der Waals surface area contributed by atoms with Gasteiger partial charge in [-0.2, -0.15) is 0 Å². The Labute approximate surface area is 196 Å². The van der Waals surface area contributed by atoms with Crippen molar-refractivity contribution in [1.29, 1.82) is 0 Å². The number of benzene rings is 2. The van der Waals surface area contributed by atoms with E-state index in [0.717, 1.165) is 33.6 Å². The molecule has 3 aromatic rings. The number of anilines is 1. The Kier molecular flexibility index (Phi) is 6.37. The number of nitrogens with one attached hydrogen (secondary N) is 1. The van der Waals surface area contributed by atoms with Crippen molar-refractivity contribution in [3.8, 4) is 11.4 Å². The Morgan fingerprint density at radius 1 is 1.06 bits per heavy atom. The second-order valence-electron chi connectivity index (χ2n) is 7.62. The lowest BCUT2D eigenvalue weighted by atomic mass is 10.1. The second-order valence-corrected chi connectivity index (χ2v) is 8.61. The molecule has 0 aliphatic carbocycles. The lowest BCUT2D eigenvalue weighted by molar-refractivity contribution is -0.127. The third kappa shape index (κ3) is 4.85. The van der Waals surface area contributed by atoms with Gasteiger partial charge < -0.3 is 14.6 Å². The van der Waals surface area contributed by atoms with Gasteiger partial charge >= 0.3 is 0 Å². The summed E-state index contributed by atoms with van der Waals surface area (Å²) in [5.74, 6) is -0.278. The molecule has 3 amide bonds. The van der Waals surface area contributed by atoms with Crippen molar-refractivity contribution in [1.82, 2.24) is 9.47 Å².